The fourth-order valence-corrected chi connectivity index (χ4v) is 2.43. The Hall–Kier alpha value is -2.34. The van der Waals surface area contributed by atoms with E-state index in [0.29, 0.717) is 18.4 Å². The molecule has 0 aliphatic rings. The zero-order valence-electron chi connectivity index (χ0n) is 11.2. The van der Waals surface area contributed by atoms with Crippen LogP contribution in [0.2, 0.25) is 0 Å². The molecule has 0 fully saturated rings. The molecule has 3 aromatic rings. The Morgan fingerprint density at radius 3 is 2.67 bits per heavy atom. The van der Waals surface area contributed by atoms with E-state index < -0.39 is 0 Å². The van der Waals surface area contributed by atoms with Crippen LogP contribution in [0.3, 0.4) is 0 Å². The highest BCUT2D eigenvalue weighted by Gasteiger charge is 2.08. The average Bonchev–Trinajstić information content (AvgIpc) is 2.87. The minimum atomic E-state index is 0.359. The third-order valence-electron chi connectivity index (χ3n) is 2.97. The van der Waals surface area contributed by atoms with Crippen LogP contribution in [0.5, 0.6) is 0 Å². The first-order chi connectivity index (χ1) is 10.2. The van der Waals surface area contributed by atoms with Gasteiger partial charge >= 0.3 is 0 Å². The van der Waals surface area contributed by atoms with Gasteiger partial charge in [0.05, 0.1) is 5.69 Å². The zero-order valence-corrected chi connectivity index (χ0v) is 12.8. The summed E-state index contributed by atoms with van der Waals surface area (Å²) >= 11 is 3.45. The quantitative estimate of drug-likeness (QED) is 0.763. The minimum absolute atomic E-state index is 0.359. The highest BCUT2D eigenvalue weighted by atomic mass is 79.9. The number of rotatable bonds is 4. The van der Waals surface area contributed by atoms with Crippen molar-refractivity contribution in [3.63, 3.8) is 0 Å². The molecular formula is C15H14BrN5. The zero-order chi connectivity index (χ0) is 14.7. The lowest BCUT2D eigenvalue weighted by Crippen LogP contribution is -2.03. The molecule has 1 aromatic heterocycles. The first kappa shape index (κ1) is 13.6. The lowest BCUT2D eigenvalue weighted by molar-refractivity contribution is 0.887. The summed E-state index contributed by atoms with van der Waals surface area (Å²) in [4.78, 5) is 4.23. The molecule has 0 amide bonds. The molecule has 0 aliphatic carbocycles. The van der Waals surface area contributed by atoms with E-state index in [0.717, 1.165) is 15.7 Å². The summed E-state index contributed by atoms with van der Waals surface area (Å²) in [5.74, 6) is 0.870. The Bertz CT molecular complexity index is 739. The topological polar surface area (TPSA) is 68.8 Å². The molecule has 0 aliphatic heterocycles. The number of nitrogen functional groups attached to an aromatic ring is 1. The summed E-state index contributed by atoms with van der Waals surface area (Å²) < 4.78 is 2.66. The molecule has 0 bridgehead atoms. The summed E-state index contributed by atoms with van der Waals surface area (Å²) in [5, 5.41) is 7.55. The summed E-state index contributed by atoms with van der Waals surface area (Å²) in [6.07, 6.45) is 0. The third kappa shape index (κ3) is 3.22. The second kappa shape index (κ2) is 5.97. The van der Waals surface area contributed by atoms with Crippen LogP contribution in [0.4, 0.5) is 11.9 Å². The molecule has 0 radical (unpaired) electrons. The van der Waals surface area contributed by atoms with Gasteiger partial charge in [0.1, 0.15) is 0 Å². The molecule has 0 spiro atoms. The average molecular weight is 344 g/mol. The van der Waals surface area contributed by atoms with E-state index in [4.69, 9.17) is 5.73 Å². The maximum atomic E-state index is 5.91. The summed E-state index contributed by atoms with van der Waals surface area (Å²) in [6, 6.07) is 17.8. The van der Waals surface area contributed by atoms with Gasteiger partial charge in [0.2, 0.25) is 11.9 Å². The second-order valence-corrected chi connectivity index (χ2v) is 5.44. The molecular weight excluding hydrogens is 330 g/mol. The Kier molecular flexibility index (Phi) is 3.87. The number of aromatic nitrogens is 3. The van der Waals surface area contributed by atoms with Gasteiger partial charge in [0.25, 0.3) is 0 Å². The largest absolute Gasteiger partial charge is 0.368 e. The third-order valence-corrected chi connectivity index (χ3v) is 3.47. The lowest BCUT2D eigenvalue weighted by Gasteiger charge is -2.03. The van der Waals surface area contributed by atoms with Gasteiger partial charge in [-0.15, -0.1) is 5.10 Å². The van der Waals surface area contributed by atoms with E-state index in [1.165, 1.54) is 0 Å². The van der Waals surface area contributed by atoms with Crippen LogP contribution in [-0.2, 0) is 6.54 Å². The highest BCUT2D eigenvalue weighted by molar-refractivity contribution is 9.10. The van der Waals surface area contributed by atoms with Crippen LogP contribution in [-0.4, -0.2) is 14.8 Å². The molecule has 1 heterocycles. The van der Waals surface area contributed by atoms with E-state index in [-0.39, 0.29) is 0 Å². The number of para-hydroxylation sites is 1. The summed E-state index contributed by atoms with van der Waals surface area (Å²) in [7, 11) is 0. The molecule has 3 rings (SSSR count). The number of nitrogens with one attached hydrogen (secondary N) is 1. The van der Waals surface area contributed by atoms with Crippen molar-refractivity contribution >= 4 is 27.8 Å². The summed E-state index contributed by atoms with van der Waals surface area (Å²) in [5.41, 5.74) is 7.93. The van der Waals surface area contributed by atoms with E-state index in [2.05, 4.69) is 31.3 Å². The van der Waals surface area contributed by atoms with Gasteiger partial charge in [-0.05, 0) is 29.8 Å². The van der Waals surface area contributed by atoms with Crippen molar-refractivity contribution in [3.8, 4) is 5.69 Å². The molecule has 5 nitrogen and oxygen atoms in total. The van der Waals surface area contributed by atoms with Gasteiger partial charge in [-0.1, -0.05) is 46.3 Å². The number of benzene rings is 2. The smallest absolute Gasteiger partial charge is 0.244 e. The van der Waals surface area contributed by atoms with E-state index in [1.54, 1.807) is 4.68 Å². The van der Waals surface area contributed by atoms with Crippen LogP contribution >= 0.6 is 15.9 Å². The molecule has 0 atom stereocenters. The van der Waals surface area contributed by atoms with E-state index in [1.807, 2.05) is 54.6 Å². The van der Waals surface area contributed by atoms with Crippen molar-refractivity contribution in [1.29, 1.82) is 0 Å². The van der Waals surface area contributed by atoms with Crippen molar-refractivity contribution in [2.45, 2.75) is 6.54 Å². The van der Waals surface area contributed by atoms with Gasteiger partial charge in [0, 0.05) is 11.0 Å². The van der Waals surface area contributed by atoms with Gasteiger partial charge in [-0.2, -0.15) is 9.67 Å². The molecule has 0 saturated heterocycles. The Morgan fingerprint density at radius 2 is 1.90 bits per heavy atom. The lowest BCUT2D eigenvalue weighted by atomic mass is 10.2. The van der Waals surface area contributed by atoms with Gasteiger partial charge in [-0.3, -0.25) is 0 Å². The fraction of sp³-hybridized carbons (Fsp3) is 0.0667. The van der Waals surface area contributed by atoms with E-state index in [9.17, 15) is 0 Å². The number of halogens is 1. The number of nitrogens with two attached hydrogens (primary N) is 1. The molecule has 0 unspecified atom stereocenters. The van der Waals surface area contributed by atoms with Gasteiger partial charge in [0.15, 0.2) is 0 Å². The molecule has 3 N–H and O–H groups in total. The number of anilines is 2. The fourth-order valence-electron chi connectivity index (χ4n) is 1.99. The van der Waals surface area contributed by atoms with Crippen LogP contribution in [0.25, 0.3) is 5.69 Å². The van der Waals surface area contributed by atoms with Crippen molar-refractivity contribution in [2.24, 2.45) is 0 Å². The monoisotopic (exact) mass is 343 g/mol. The number of hydrogen-bond acceptors (Lipinski definition) is 4. The Labute approximate surface area is 130 Å². The molecule has 0 saturated carbocycles. The predicted octanol–water partition coefficient (Wildman–Crippen LogP) is 3.22. The second-order valence-electron chi connectivity index (χ2n) is 4.52. The van der Waals surface area contributed by atoms with Crippen LogP contribution in [0, 0.1) is 0 Å². The minimum Gasteiger partial charge on any atom is -0.368 e. The molecule has 106 valence electrons. The first-order valence-electron chi connectivity index (χ1n) is 6.48. The molecule has 2 aromatic carbocycles. The van der Waals surface area contributed by atoms with Gasteiger partial charge in [-0.25, -0.2) is 0 Å². The SMILES string of the molecule is Nc1nc(NCc2cccc(Br)c2)nn1-c1ccccc1. The van der Waals surface area contributed by atoms with Crippen molar-refractivity contribution in [2.75, 3.05) is 11.1 Å². The Balaban J connectivity index is 1.76. The maximum absolute atomic E-state index is 5.91. The van der Waals surface area contributed by atoms with Crippen molar-refractivity contribution in [1.82, 2.24) is 14.8 Å². The van der Waals surface area contributed by atoms with Crippen molar-refractivity contribution < 1.29 is 0 Å². The van der Waals surface area contributed by atoms with Crippen molar-refractivity contribution in [3.05, 3.63) is 64.6 Å². The first-order valence-corrected chi connectivity index (χ1v) is 7.28. The van der Waals surface area contributed by atoms with Crippen LogP contribution < -0.4 is 11.1 Å². The summed E-state index contributed by atoms with van der Waals surface area (Å²) in [6.45, 7) is 0.637. The molecule has 21 heavy (non-hydrogen) atoms. The predicted molar refractivity (Wildman–Crippen MR) is 87.2 cm³/mol. The highest BCUT2D eigenvalue weighted by Crippen LogP contribution is 2.15. The molecule has 6 heteroatoms. The Morgan fingerprint density at radius 1 is 1.10 bits per heavy atom. The number of nitrogens with zero attached hydrogens (tertiary/aromatic N) is 3. The maximum Gasteiger partial charge on any atom is 0.244 e. The number of hydrogen-bond donors (Lipinski definition) is 2. The van der Waals surface area contributed by atoms with E-state index >= 15 is 0 Å². The standard InChI is InChI=1S/C15H14BrN5/c16-12-6-4-5-11(9-12)10-18-15-19-14(17)21(20-15)13-7-2-1-3-8-13/h1-9H,10H2,(H3,17,18,19,20). The normalized spacial score (nSPS) is 10.5. The van der Waals surface area contributed by atoms with Crippen LogP contribution in [0.1, 0.15) is 5.56 Å². The van der Waals surface area contributed by atoms with Gasteiger partial charge < -0.3 is 11.1 Å². The van der Waals surface area contributed by atoms with Crippen LogP contribution in [0.15, 0.2) is 59.1 Å².